The number of nitrogens with one attached hydrogen (secondary N) is 3. The Labute approximate surface area is 401 Å². The number of nitrogen functional groups attached to an aromatic ring is 2. The van der Waals surface area contributed by atoms with Gasteiger partial charge in [-0.2, -0.15) is 0 Å². The van der Waals surface area contributed by atoms with Gasteiger partial charge in [0.15, 0.2) is 8.24 Å². The molecule has 18 nitrogen and oxygen atoms in total. The van der Waals surface area contributed by atoms with Crippen molar-refractivity contribution < 1.29 is 38.1 Å². The molecule has 4 amide bonds. The van der Waals surface area contributed by atoms with Crippen molar-refractivity contribution in [3.05, 3.63) is 45.4 Å². The van der Waals surface area contributed by atoms with Crippen molar-refractivity contribution in [3.8, 4) is 11.5 Å². The molecule has 0 bridgehead atoms. The summed E-state index contributed by atoms with van der Waals surface area (Å²) in [5.74, 6) is 1.64. The summed E-state index contributed by atoms with van der Waals surface area (Å²) >= 11 is 12.2. The molecule has 4 aliphatic rings. The number of isocyanates is 1. The number of primary amides is 1. The van der Waals surface area contributed by atoms with Gasteiger partial charge >= 0.3 is 6.03 Å². The molecule has 2 atom stereocenters. The number of rotatable bonds is 15. The van der Waals surface area contributed by atoms with Crippen LogP contribution >= 0.6 is 23.2 Å². The number of carbonyl (C=O) groups excluding carboxylic acids is 4. The van der Waals surface area contributed by atoms with Gasteiger partial charge in [-0.15, -0.1) is 0 Å². The number of benzene rings is 2. The van der Waals surface area contributed by atoms with E-state index in [0.717, 1.165) is 84.2 Å². The van der Waals surface area contributed by atoms with Crippen molar-refractivity contribution in [2.75, 3.05) is 116 Å². The molecule has 9 N–H and O–H groups in total. The van der Waals surface area contributed by atoms with E-state index in [1.165, 1.54) is 18.9 Å². The molecule has 4 aliphatic heterocycles. The van der Waals surface area contributed by atoms with E-state index in [4.69, 9.17) is 59.4 Å². The number of nitrogens with two attached hydrogens (primary N) is 3. The molecule has 0 radical (unpaired) electrons. The molecule has 2 aromatic rings. The lowest BCUT2D eigenvalue weighted by atomic mass is 9.96. The van der Waals surface area contributed by atoms with E-state index in [1.54, 1.807) is 29.2 Å². The zero-order valence-electron chi connectivity index (χ0n) is 39.3. The summed E-state index contributed by atoms with van der Waals surface area (Å²) in [4.78, 5) is 52.8. The number of hydrogen-bond donors (Lipinski definition) is 6. The average Bonchev–Trinajstić information content (AvgIpc) is 3.28. The molecule has 4 heterocycles. The fourth-order valence-electron chi connectivity index (χ4n) is 8.05. The SMILES string of the molecule is CCOc1cc(N)c(Cl)cc1C(=O)NCC1CN(CC2CCN(C(N)=O)CC2)CCO1.CCOc1cc(N)c(Cl)cc1C(=O)NCC1CN(CC2CCNCC2)CCO1.C[Si](C)(C)N=C=O. The monoisotopic (exact) mass is 978 g/mol. The highest BCUT2D eigenvalue weighted by Crippen LogP contribution is 2.30. The quantitative estimate of drug-likeness (QED) is 0.0627. The van der Waals surface area contributed by atoms with Gasteiger partial charge in [0.05, 0.1) is 71.2 Å². The molecule has 0 aliphatic carbocycles. The van der Waals surface area contributed by atoms with Crippen LogP contribution < -0.4 is 42.6 Å². The van der Waals surface area contributed by atoms with Crippen LogP contribution in [-0.4, -0.2) is 164 Å². The average molecular weight is 980 g/mol. The van der Waals surface area contributed by atoms with Gasteiger partial charge in [0, 0.05) is 77.6 Å². The smallest absolute Gasteiger partial charge is 0.314 e. The topological polar surface area (TPSA) is 241 Å². The summed E-state index contributed by atoms with van der Waals surface area (Å²) in [6.07, 6.45) is 5.82. The summed E-state index contributed by atoms with van der Waals surface area (Å²) in [7, 11) is -1.46. The van der Waals surface area contributed by atoms with Crippen LogP contribution in [-0.2, 0) is 14.3 Å². The van der Waals surface area contributed by atoms with E-state index in [9.17, 15) is 19.2 Å². The van der Waals surface area contributed by atoms with Gasteiger partial charge in [0.2, 0.25) is 6.08 Å². The Morgan fingerprint density at radius 1 is 0.773 bits per heavy atom. The van der Waals surface area contributed by atoms with E-state index in [2.05, 4.69) is 30.4 Å². The Kier molecular flexibility index (Phi) is 22.8. The number of morpholine rings is 2. The number of anilines is 2. The number of nitrogens with zero attached hydrogens (tertiary/aromatic N) is 4. The third kappa shape index (κ3) is 18.5. The van der Waals surface area contributed by atoms with Gasteiger partial charge in [-0.3, -0.25) is 19.4 Å². The molecule has 2 aromatic carbocycles. The van der Waals surface area contributed by atoms with E-state index in [-0.39, 0.29) is 30.1 Å². The van der Waals surface area contributed by atoms with Gasteiger partial charge in [-0.05, 0) is 96.2 Å². The Morgan fingerprint density at radius 2 is 1.21 bits per heavy atom. The summed E-state index contributed by atoms with van der Waals surface area (Å²) in [6, 6.07) is 5.92. The highest BCUT2D eigenvalue weighted by Gasteiger charge is 2.28. The molecule has 368 valence electrons. The largest absolute Gasteiger partial charge is 0.493 e. The first-order valence-electron chi connectivity index (χ1n) is 23.0. The Balaban J connectivity index is 0.000000253. The predicted octanol–water partition coefficient (Wildman–Crippen LogP) is 4.45. The number of likely N-dealkylation sites (tertiary alicyclic amines) is 1. The summed E-state index contributed by atoms with van der Waals surface area (Å²) < 4.78 is 26.4. The second-order valence-corrected chi connectivity index (χ2v) is 23.2. The summed E-state index contributed by atoms with van der Waals surface area (Å²) in [5, 5.41) is 9.96. The first-order chi connectivity index (χ1) is 31.5. The highest BCUT2D eigenvalue weighted by molar-refractivity contribution is 6.74. The zero-order chi connectivity index (χ0) is 48.2. The first kappa shape index (κ1) is 54.4. The lowest BCUT2D eigenvalue weighted by Crippen LogP contribution is -2.50. The number of hydrogen-bond acceptors (Lipinski definition) is 14. The number of amides is 4. The fourth-order valence-corrected chi connectivity index (χ4v) is 8.65. The Hall–Kier alpha value is -4.17. The number of halogens is 2. The van der Waals surface area contributed by atoms with Crippen molar-refractivity contribution in [2.24, 2.45) is 22.2 Å². The van der Waals surface area contributed by atoms with Crippen LogP contribution in [0.2, 0.25) is 29.7 Å². The minimum atomic E-state index is -1.46. The van der Waals surface area contributed by atoms with Crippen LogP contribution in [0.1, 0.15) is 60.2 Å². The summed E-state index contributed by atoms with van der Waals surface area (Å²) in [5.41, 5.74) is 18.5. The lowest BCUT2D eigenvalue weighted by Gasteiger charge is -2.37. The molecule has 0 saturated carbocycles. The van der Waals surface area contributed by atoms with Crippen LogP contribution in [0.4, 0.5) is 16.2 Å². The first-order valence-corrected chi connectivity index (χ1v) is 27.2. The standard InChI is InChI=1S/C21H32ClN5O4.C20H31ClN4O3.C4H9NOSi/c1-2-30-19-10-18(23)17(22)9-16(19)20(28)25-11-15-13-26(7-8-31-15)12-14-3-5-27(6-4-14)21(24)29;1-2-27-19-10-18(22)17(21)9-16(19)20(26)24-11-15-13-25(7-8-28-15)12-14-3-5-23-6-4-14;1-7(2,3)5-4-6/h9-10,14-15H,2-8,11-13,23H2,1H3,(H2,24,29)(H,25,28);9-10,14-15,23H,2-8,11-13,22H2,1H3,(H,24,26);1-3H3. The third-order valence-corrected chi connectivity index (χ3v) is 12.9. The maximum absolute atomic E-state index is 12.7. The van der Waals surface area contributed by atoms with E-state index in [0.29, 0.717) is 89.5 Å². The normalized spacial score (nSPS) is 19.8. The van der Waals surface area contributed by atoms with Gasteiger partial charge in [0.1, 0.15) is 11.5 Å². The van der Waals surface area contributed by atoms with E-state index < -0.39 is 8.24 Å². The molecule has 21 heteroatoms. The Morgan fingerprint density at radius 3 is 1.59 bits per heavy atom. The van der Waals surface area contributed by atoms with Crippen molar-refractivity contribution >= 4 is 66.7 Å². The number of carbonyl (C=O) groups is 3. The number of ether oxygens (including phenoxy) is 4. The molecule has 2 unspecified atom stereocenters. The summed E-state index contributed by atoms with van der Waals surface area (Å²) in [6.45, 7) is 21.8. The molecular weight excluding hydrogens is 908 g/mol. The van der Waals surface area contributed by atoms with E-state index in [1.807, 2.05) is 33.5 Å². The number of urea groups is 1. The Bertz CT molecular complexity index is 1930. The molecule has 66 heavy (non-hydrogen) atoms. The van der Waals surface area contributed by atoms with Crippen LogP contribution in [0.5, 0.6) is 11.5 Å². The third-order valence-electron chi connectivity index (χ3n) is 11.5. The predicted molar refractivity (Wildman–Crippen MR) is 262 cm³/mol. The maximum Gasteiger partial charge on any atom is 0.314 e. The van der Waals surface area contributed by atoms with Crippen molar-refractivity contribution in [3.63, 3.8) is 0 Å². The molecule has 4 fully saturated rings. The highest BCUT2D eigenvalue weighted by atomic mass is 35.5. The van der Waals surface area contributed by atoms with Gasteiger partial charge in [-0.25, -0.2) is 14.2 Å². The van der Waals surface area contributed by atoms with Gasteiger partial charge in [-0.1, -0.05) is 23.2 Å². The minimum absolute atomic E-state index is 0.0146. The maximum atomic E-state index is 12.7. The molecule has 0 spiro atoms. The molecular formula is C45H72Cl2N10O8Si. The van der Waals surface area contributed by atoms with Crippen molar-refractivity contribution in [1.29, 1.82) is 0 Å². The van der Waals surface area contributed by atoms with E-state index >= 15 is 0 Å². The van der Waals surface area contributed by atoms with Gasteiger partial charge < -0.3 is 57.0 Å². The fraction of sp³-hybridized carbons (Fsp3) is 0.644. The van der Waals surface area contributed by atoms with Crippen molar-refractivity contribution in [2.45, 2.75) is 71.4 Å². The van der Waals surface area contributed by atoms with Gasteiger partial charge in [0.25, 0.3) is 11.8 Å². The molecule has 4 saturated heterocycles. The van der Waals surface area contributed by atoms with Crippen LogP contribution in [0.3, 0.4) is 0 Å². The zero-order valence-corrected chi connectivity index (χ0v) is 41.8. The van der Waals surface area contributed by atoms with Crippen LogP contribution in [0.25, 0.3) is 0 Å². The van der Waals surface area contributed by atoms with Crippen molar-refractivity contribution in [1.82, 2.24) is 30.7 Å². The minimum Gasteiger partial charge on any atom is -0.493 e. The van der Waals surface area contributed by atoms with Crippen LogP contribution in [0.15, 0.2) is 28.9 Å². The van der Waals surface area contributed by atoms with Crippen LogP contribution in [0, 0.1) is 11.8 Å². The second-order valence-electron chi connectivity index (χ2n) is 17.9. The lowest BCUT2D eigenvalue weighted by molar-refractivity contribution is -0.0330. The number of piperidine rings is 2. The molecule has 0 aromatic heterocycles. The molecule has 6 rings (SSSR count). The second kappa shape index (κ2) is 27.6.